The third-order valence-electron chi connectivity index (χ3n) is 4.42. The first-order chi connectivity index (χ1) is 12.5. The monoisotopic (exact) mass is 352 g/mol. The molecule has 26 heavy (non-hydrogen) atoms. The van der Waals surface area contributed by atoms with Gasteiger partial charge in [-0.15, -0.1) is 0 Å². The van der Waals surface area contributed by atoms with E-state index in [4.69, 9.17) is 0 Å². The molecule has 0 heterocycles. The van der Waals surface area contributed by atoms with Crippen molar-refractivity contribution in [2.45, 2.75) is 52.6 Å². The molecule has 0 fully saturated rings. The minimum Gasteiger partial charge on any atom is -0.332 e. The number of unbranched alkanes of at least 4 members (excludes halogenated alkanes) is 1. The molecule has 138 valence electrons. The van der Waals surface area contributed by atoms with Crippen molar-refractivity contribution in [2.75, 3.05) is 5.32 Å². The van der Waals surface area contributed by atoms with Gasteiger partial charge in [-0.05, 0) is 36.6 Å². The molecule has 0 aliphatic rings. The molecular formula is C22H28N2O2. The second-order valence-corrected chi connectivity index (χ2v) is 6.59. The molecular weight excluding hydrogens is 324 g/mol. The molecule has 0 bridgehead atoms. The SMILES string of the molecule is CCCCC(=O)N(Cc1ccccc1)C(C)c1cccc(NC(C)=O)c1. The second-order valence-electron chi connectivity index (χ2n) is 6.59. The van der Waals surface area contributed by atoms with Crippen molar-refractivity contribution in [3.8, 4) is 0 Å². The van der Waals surface area contributed by atoms with Gasteiger partial charge in [-0.3, -0.25) is 9.59 Å². The Morgan fingerprint density at radius 3 is 2.46 bits per heavy atom. The molecule has 0 spiro atoms. The van der Waals surface area contributed by atoms with Crippen LogP contribution >= 0.6 is 0 Å². The lowest BCUT2D eigenvalue weighted by atomic mass is 10.0. The number of rotatable bonds is 8. The van der Waals surface area contributed by atoms with Crippen molar-refractivity contribution in [1.82, 2.24) is 4.90 Å². The number of benzene rings is 2. The highest BCUT2D eigenvalue weighted by molar-refractivity contribution is 5.88. The summed E-state index contributed by atoms with van der Waals surface area (Å²) in [5.41, 5.74) is 2.88. The summed E-state index contributed by atoms with van der Waals surface area (Å²) in [4.78, 5) is 26.1. The lowest BCUT2D eigenvalue weighted by Gasteiger charge is -2.30. The van der Waals surface area contributed by atoms with E-state index in [0.717, 1.165) is 29.7 Å². The summed E-state index contributed by atoms with van der Waals surface area (Å²) in [7, 11) is 0. The van der Waals surface area contributed by atoms with Gasteiger partial charge < -0.3 is 10.2 Å². The maximum atomic E-state index is 12.8. The maximum Gasteiger partial charge on any atom is 0.223 e. The van der Waals surface area contributed by atoms with Crippen molar-refractivity contribution >= 4 is 17.5 Å². The average molecular weight is 352 g/mol. The highest BCUT2D eigenvalue weighted by Crippen LogP contribution is 2.26. The van der Waals surface area contributed by atoms with Crippen LogP contribution in [0.1, 0.15) is 57.2 Å². The largest absolute Gasteiger partial charge is 0.332 e. The second kappa shape index (κ2) is 9.76. The zero-order chi connectivity index (χ0) is 18.9. The molecule has 0 aromatic heterocycles. The van der Waals surface area contributed by atoms with Gasteiger partial charge in [0.05, 0.1) is 6.04 Å². The van der Waals surface area contributed by atoms with Crippen LogP contribution in [0.4, 0.5) is 5.69 Å². The molecule has 1 unspecified atom stereocenters. The lowest BCUT2D eigenvalue weighted by Crippen LogP contribution is -2.33. The number of anilines is 1. The Balaban J connectivity index is 2.25. The molecule has 2 rings (SSSR count). The van der Waals surface area contributed by atoms with E-state index in [1.807, 2.05) is 66.4 Å². The van der Waals surface area contributed by atoms with Gasteiger partial charge in [-0.25, -0.2) is 0 Å². The Labute approximate surface area is 156 Å². The topological polar surface area (TPSA) is 49.4 Å². The first-order valence-corrected chi connectivity index (χ1v) is 9.22. The average Bonchev–Trinajstić information content (AvgIpc) is 2.64. The molecule has 1 atom stereocenters. The van der Waals surface area contributed by atoms with Gasteiger partial charge in [0.1, 0.15) is 0 Å². The van der Waals surface area contributed by atoms with Gasteiger partial charge in [0.25, 0.3) is 0 Å². The minimum absolute atomic E-state index is 0.0757. The van der Waals surface area contributed by atoms with Crippen LogP contribution in [0.25, 0.3) is 0 Å². The summed E-state index contributed by atoms with van der Waals surface area (Å²) >= 11 is 0. The molecule has 0 radical (unpaired) electrons. The molecule has 0 saturated heterocycles. The Morgan fingerprint density at radius 1 is 1.08 bits per heavy atom. The number of carbonyl (C=O) groups excluding carboxylic acids is 2. The van der Waals surface area contributed by atoms with Crippen LogP contribution in [0.15, 0.2) is 54.6 Å². The summed E-state index contributed by atoms with van der Waals surface area (Å²) in [5, 5.41) is 2.81. The van der Waals surface area contributed by atoms with Crippen LogP contribution in [0.2, 0.25) is 0 Å². The van der Waals surface area contributed by atoms with Gasteiger partial charge in [0.15, 0.2) is 0 Å². The van der Waals surface area contributed by atoms with E-state index in [1.54, 1.807) is 0 Å². The minimum atomic E-state index is -0.102. The molecule has 2 aromatic rings. The van der Waals surface area contributed by atoms with Crippen molar-refractivity contribution in [2.24, 2.45) is 0 Å². The number of nitrogens with zero attached hydrogens (tertiary/aromatic N) is 1. The number of hydrogen-bond acceptors (Lipinski definition) is 2. The summed E-state index contributed by atoms with van der Waals surface area (Å²) in [6, 6.07) is 17.7. The van der Waals surface area contributed by atoms with Crippen molar-refractivity contribution in [3.63, 3.8) is 0 Å². The zero-order valence-corrected chi connectivity index (χ0v) is 15.9. The molecule has 4 nitrogen and oxygen atoms in total. The predicted molar refractivity (Wildman–Crippen MR) is 106 cm³/mol. The number of nitrogens with one attached hydrogen (secondary N) is 1. The number of hydrogen-bond donors (Lipinski definition) is 1. The van der Waals surface area contributed by atoms with E-state index in [2.05, 4.69) is 12.2 Å². The van der Waals surface area contributed by atoms with Crippen LogP contribution in [0.5, 0.6) is 0 Å². The Morgan fingerprint density at radius 2 is 1.81 bits per heavy atom. The molecule has 0 aliphatic carbocycles. The Bertz CT molecular complexity index is 728. The van der Waals surface area contributed by atoms with Crippen LogP contribution in [-0.4, -0.2) is 16.7 Å². The van der Waals surface area contributed by atoms with Crippen LogP contribution in [0.3, 0.4) is 0 Å². The smallest absolute Gasteiger partial charge is 0.223 e. The normalized spacial score (nSPS) is 11.7. The van der Waals surface area contributed by atoms with Crippen molar-refractivity contribution in [3.05, 3.63) is 65.7 Å². The molecule has 2 aromatic carbocycles. The fourth-order valence-corrected chi connectivity index (χ4v) is 2.95. The quantitative estimate of drug-likeness (QED) is 0.733. The first-order valence-electron chi connectivity index (χ1n) is 9.22. The van der Waals surface area contributed by atoms with Crippen molar-refractivity contribution in [1.29, 1.82) is 0 Å². The van der Waals surface area contributed by atoms with Gasteiger partial charge in [-0.2, -0.15) is 0 Å². The lowest BCUT2D eigenvalue weighted by molar-refractivity contribution is -0.134. The molecule has 4 heteroatoms. The van der Waals surface area contributed by atoms with Crippen molar-refractivity contribution < 1.29 is 9.59 Å². The first kappa shape index (κ1) is 19.7. The van der Waals surface area contributed by atoms with E-state index in [0.29, 0.717) is 13.0 Å². The summed E-state index contributed by atoms with van der Waals surface area (Å²) < 4.78 is 0. The molecule has 0 aliphatic heterocycles. The third kappa shape index (κ3) is 5.73. The highest BCUT2D eigenvalue weighted by Gasteiger charge is 2.21. The van der Waals surface area contributed by atoms with E-state index in [-0.39, 0.29) is 17.9 Å². The summed E-state index contributed by atoms with van der Waals surface area (Å²) in [5.74, 6) is 0.0584. The maximum absolute atomic E-state index is 12.8. The fraction of sp³-hybridized carbons (Fsp3) is 0.364. The summed E-state index contributed by atoms with van der Waals surface area (Å²) in [6.45, 7) is 6.20. The third-order valence-corrected chi connectivity index (χ3v) is 4.42. The molecule has 0 saturated carbocycles. The van der Waals surface area contributed by atoms with E-state index < -0.39 is 0 Å². The van der Waals surface area contributed by atoms with E-state index in [1.165, 1.54) is 6.92 Å². The number of carbonyl (C=O) groups is 2. The standard InChI is InChI=1S/C22H28N2O2/c1-4-5-14-22(26)24(16-19-10-7-6-8-11-19)17(2)20-12-9-13-21(15-20)23-18(3)25/h6-13,15,17H,4-5,14,16H2,1-3H3,(H,23,25). The van der Waals surface area contributed by atoms with Crippen LogP contribution in [-0.2, 0) is 16.1 Å². The van der Waals surface area contributed by atoms with E-state index >= 15 is 0 Å². The Kier molecular flexibility index (Phi) is 7.39. The molecule has 2 amide bonds. The highest BCUT2D eigenvalue weighted by atomic mass is 16.2. The molecule has 1 N–H and O–H groups in total. The predicted octanol–water partition coefficient (Wildman–Crippen LogP) is 4.93. The fourth-order valence-electron chi connectivity index (χ4n) is 2.95. The summed E-state index contributed by atoms with van der Waals surface area (Å²) in [6.07, 6.45) is 2.44. The van der Waals surface area contributed by atoms with E-state index in [9.17, 15) is 9.59 Å². The van der Waals surface area contributed by atoms with Gasteiger partial charge in [0, 0.05) is 25.6 Å². The van der Waals surface area contributed by atoms with Gasteiger partial charge >= 0.3 is 0 Å². The van der Waals surface area contributed by atoms with Gasteiger partial charge in [-0.1, -0.05) is 55.8 Å². The number of amides is 2. The van der Waals surface area contributed by atoms with Crippen LogP contribution < -0.4 is 5.32 Å². The Hall–Kier alpha value is -2.62. The van der Waals surface area contributed by atoms with Crippen LogP contribution in [0, 0.1) is 0 Å². The zero-order valence-electron chi connectivity index (χ0n) is 15.9. The van der Waals surface area contributed by atoms with Gasteiger partial charge in [0.2, 0.25) is 11.8 Å².